The highest BCUT2D eigenvalue weighted by molar-refractivity contribution is 5.71. The first-order valence-corrected chi connectivity index (χ1v) is 20.7. The van der Waals surface area contributed by atoms with Crippen LogP contribution in [0.4, 0.5) is 0 Å². The average molecular weight is 681 g/mol. The van der Waals surface area contributed by atoms with Crippen LogP contribution in [0.3, 0.4) is 0 Å². The van der Waals surface area contributed by atoms with E-state index in [0.717, 1.165) is 76.0 Å². The quantitative estimate of drug-likeness (QED) is 0.0372. The van der Waals surface area contributed by atoms with Crippen molar-refractivity contribution < 1.29 is 28.6 Å². The van der Waals surface area contributed by atoms with Crippen LogP contribution in [0.5, 0.6) is 0 Å². The fourth-order valence-electron chi connectivity index (χ4n) is 6.05. The van der Waals surface area contributed by atoms with Crippen LogP contribution in [-0.2, 0) is 28.6 Å². The second-order valence-electron chi connectivity index (χ2n) is 15.2. The van der Waals surface area contributed by atoms with E-state index in [1.165, 1.54) is 103 Å². The molecule has 0 aliphatic rings. The summed E-state index contributed by atoms with van der Waals surface area (Å²) in [6, 6.07) is 0. The van der Waals surface area contributed by atoms with E-state index in [1.807, 2.05) is 0 Å². The van der Waals surface area contributed by atoms with Gasteiger partial charge in [0.2, 0.25) is 0 Å². The zero-order valence-corrected chi connectivity index (χ0v) is 32.6. The first-order chi connectivity index (χ1) is 23.2. The van der Waals surface area contributed by atoms with Crippen molar-refractivity contribution in [1.82, 2.24) is 0 Å². The van der Waals surface area contributed by atoms with Crippen LogP contribution in [-0.4, -0.2) is 37.2 Å². The van der Waals surface area contributed by atoms with E-state index in [-0.39, 0.29) is 31.1 Å². The second kappa shape index (κ2) is 35.2. The number of ether oxygens (including phenoxy) is 3. The Morgan fingerprint density at radius 2 is 0.688 bits per heavy atom. The number of hydrogen-bond acceptors (Lipinski definition) is 6. The fourth-order valence-corrected chi connectivity index (χ4v) is 6.05. The molecule has 48 heavy (non-hydrogen) atoms. The van der Waals surface area contributed by atoms with Gasteiger partial charge in [-0.1, -0.05) is 182 Å². The van der Waals surface area contributed by atoms with E-state index in [1.54, 1.807) is 0 Å². The molecule has 0 amide bonds. The maximum atomic E-state index is 12.5. The Morgan fingerprint density at radius 1 is 0.396 bits per heavy atom. The molecule has 284 valence electrons. The Bertz CT molecular complexity index is 734. The minimum atomic E-state index is -0.757. The van der Waals surface area contributed by atoms with Crippen LogP contribution in [0.15, 0.2) is 0 Å². The van der Waals surface area contributed by atoms with Crippen LogP contribution < -0.4 is 0 Å². The Labute approximate surface area is 298 Å². The van der Waals surface area contributed by atoms with Crippen molar-refractivity contribution in [2.45, 2.75) is 227 Å². The van der Waals surface area contributed by atoms with E-state index in [2.05, 4.69) is 34.6 Å². The SMILES string of the molecule is CCCCCCCC(=O)O[C@H](COC(=O)CCCCCCCCCCCCCC(C)C)COC(=O)CCCCCCCCCCC(C)C. The molecule has 0 aliphatic heterocycles. The topological polar surface area (TPSA) is 78.9 Å². The van der Waals surface area contributed by atoms with E-state index >= 15 is 0 Å². The van der Waals surface area contributed by atoms with Gasteiger partial charge < -0.3 is 14.2 Å². The molecule has 6 nitrogen and oxygen atoms in total. The fraction of sp³-hybridized carbons (Fsp3) is 0.929. The standard InChI is InChI=1S/C42H80O6/c1-6-7-8-20-29-34-42(45)48-39(36-47-41(44)33-28-24-19-15-14-17-22-26-31-38(4)5)35-46-40(43)32-27-23-18-13-11-9-10-12-16-21-25-30-37(2)3/h37-39H,6-36H2,1-5H3/t39-/m1/s1. The Balaban J connectivity index is 4.19. The lowest BCUT2D eigenvalue weighted by Gasteiger charge is -2.18. The monoisotopic (exact) mass is 681 g/mol. The van der Waals surface area contributed by atoms with Gasteiger partial charge in [-0.25, -0.2) is 0 Å². The third kappa shape index (κ3) is 35.7. The lowest BCUT2D eigenvalue weighted by atomic mass is 10.0. The molecule has 0 aromatic carbocycles. The van der Waals surface area contributed by atoms with Crippen LogP contribution in [0.2, 0.25) is 0 Å². The minimum Gasteiger partial charge on any atom is -0.462 e. The Morgan fingerprint density at radius 3 is 1.02 bits per heavy atom. The molecule has 0 aromatic rings. The maximum absolute atomic E-state index is 12.5. The molecule has 0 fully saturated rings. The van der Waals surface area contributed by atoms with E-state index in [4.69, 9.17) is 14.2 Å². The van der Waals surface area contributed by atoms with E-state index in [0.29, 0.717) is 19.3 Å². The van der Waals surface area contributed by atoms with Gasteiger partial charge in [-0.15, -0.1) is 0 Å². The van der Waals surface area contributed by atoms with Crippen molar-refractivity contribution in [1.29, 1.82) is 0 Å². The Kier molecular flexibility index (Phi) is 34.1. The lowest BCUT2D eigenvalue weighted by Crippen LogP contribution is -2.30. The van der Waals surface area contributed by atoms with Gasteiger partial charge in [0.15, 0.2) is 6.10 Å². The molecule has 0 unspecified atom stereocenters. The molecule has 0 saturated carbocycles. The minimum absolute atomic E-state index is 0.0671. The predicted molar refractivity (Wildman–Crippen MR) is 201 cm³/mol. The number of unbranched alkanes of at least 4 members (excludes halogenated alkanes) is 21. The molecular weight excluding hydrogens is 600 g/mol. The van der Waals surface area contributed by atoms with Crippen molar-refractivity contribution in [2.75, 3.05) is 13.2 Å². The lowest BCUT2D eigenvalue weighted by molar-refractivity contribution is -0.167. The van der Waals surface area contributed by atoms with Gasteiger partial charge in [-0.2, -0.15) is 0 Å². The molecule has 0 rings (SSSR count). The number of carbonyl (C=O) groups is 3. The number of carbonyl (C=O) groups excluding carboxylic acids is 3. The third-order valence-electron chi connectivity index (χ3n) is 9.22. The van der Waals surface area contributed by atoms with Crippen molar-refractivity contribution in [2.24, 2.45) is 11.8 Å². The highest BCUT2D eigenvalue weighted by atomic mass is 16.6. The summed E-state index contributed by atoms with van der Waals surface area (Å²) in [5.74, 6) is 0.745. The van der Waals surface area contributed by atoms with Gasteiger partial charge >= 0.3 is 17.9 Å². The summed E-state index contributed by atoms with van der Waals surface area (Å²) in [6.45, 7) is 11.2. The molecule has 0 aliphatic carbocycles. The van der Waals surface area contributed by atoms with Crippen LogP contribution in [0, 0.1) is 11.8 Å². The van der Waals surface area contributed by atoms with Gasteiger partial charge in [0.1, 0.15) is 13.2 Å². The molecule has 1 atom stereocenters. The predicted octanol–water partition coefficient (Wildman–Crippen LogP) is 12.6. The Hall–Kier alpha value is -1.59. The number of rotatable bonds is 36. The average Bonchev–Trinajstić information content (AvgIpc) is 3.04. The molecule has 0 bridgehead atoms. The van der Waals surface area contributed by atoms with Gasteiger partial charge in [-0.05, 0) is 31.1 Å². The summed E-state index contributed by atoms with van der Waals surface area (Å²) in [4.78, 5) is 37.3. The largest absolute Gasteiger partial charge is 0.462 e. The molecule has 0 radical (unpaired) electrons. The summed E-state index contributed by atoms with van der Waals surface area (Å²) >= 11 is 0. The smallest absolute Gasteiger partial charge is 0.306 e. The number of hydrogen-bond donors (Lipinski definition) is 0. The zero-order valence-electron chi connectivity index (χ0n) is 32.6. The van der Waals surface area contributed by atoms with Crippen LogP contribution in [0.1, 0.15) is 221 Å². The van der Waals surface area contributed by atoms with Gasteiger partial charge in [0.05, 0.1) is 0 Å². The van der Waals surface area contributed by atoms with E-state index < -0.39 is 6.10 Å². The van der Waals surface area contributed by atoms with Crippen LogP contribution >= 0.6 is 0 Å². The molecular formula is C42H80O6. The molecule has 0 aromatic heterocycles. The van der Waals surface area contributed by atoms with Gasteiger partial charge in [0.25, 0.3) is 0 Å². The third-order valence-corrected chi connectivity index (χ3v) is 9.22. The van der Waals surface area contributed by atoms with Crippen molar-refractivity contribution in [3.8, 4) is 0 Å². The summed E-state index contributed by atoms with van der Waals surface area (Å²) < 4.78 is 16.5. The van der Waals surface area contributed by atoms with Gasteiger partial charge in [-0.3, -0.25) is 14.4 Å². The maximum Gasteiger partial charge on any atom is 0.306 e. The van der Waals surface area contributed by atoms with Crippen molar-refractivity contribution in [3.63, 3.8) is 0 Å². The first kappa shape index (κ1) is 46.4. The summed E-state index contributed by atoms with van der Waals surface area (Å²) in [5.41, 5.74) is 0. The molecule has 0 spiro atoms. The normalized spacial score (nSPS) is 12.1. The van der Waals surface area contributed by atoms with Crippen molar-refractivity contribution in [3.05, 3.63) is 0 Å². The summed E-state index contributed by atoms with van der Waals surface area (Å²) in [5, 5.41) is 0. The first-order valence-electron chi connectivity index (χ1n) is 20.7. The summed E-state index contributed by atoms with van der Waals surface area (Å²) in [7, 11) is 0. The zero-order chi connectivity index (χ0) is 35.5. The van der Waals surface area contributed by atoms with E-state index in [9.17, 15) is 14.4 Å². The molecule has 0 heterocycles. The van der Waals surface area contributed by atoms with Gasteiger partial charge in [0, 0.05) is 19.3 Å². The second-order valence-corrected chi connectivity index (χ2v) is 15.2. The van der Waals surface area contributed by atoms with Crippen molar-refractivity contribution >= 4 is 17.9 Å². The number of esters is 3. The molecule has 6 heteroatoms. The molecule has 0 saturated heterocycles. The van der Waals surface area contributed by atoms with Crippen LogP contribution in [0.25, 0.3) is 0 Å². The highest BCUT2D eigenvalue weighted by Crippen LogP contribution is 2.16. The summed E-state index contributed by atoms with van der Waals surface area (Å²) in [6.07, 6.45) is 31.2. The highest BCUT2D eigenvalue weighted by Gasteiger charge is 2.19. The molecule has 0 N–H and O–H groups in total.